The standard InChI is InChI=1S/C22H20N4O/c1-15-20-13-19(14-23-22(20)26(2)25-15)24-21(27)12-16-8-10-18(11-9-16)17-6-4-3-5-7-17/h3-11,13-14H,12H2,1-2H3,(H,24,27). The first-order valence-electron chi connectivity index (χ1n) is 8.84. The minimum atomic E-state index is -0.0647. The molecule has 0 saturated heterocycles. The summed E-state index contributed by atoms with van der Waals surface area (Å²) < 4.78 is 1.74. The second-order valence-electron chi connectivity index (χ2n) is 6.59. The molecular formula is C22H20N4O. The van der Waals surface area contributed by atoms with Crippen LogP contribution in [0, 0.1) is 6.92 Å². The van der Waals surface area contributed by atoms with Gasteiger partial charge in [0, 0.05) is 12.4 Å². The van der Waals surface area contributed by atoms with E-state index in [1.165, 1.54) is 5.56 Å². The molecule has 0 bridgehead atoms. The van der Waals surface area contributed by atoms with E-state index in [4.69, 9.17) is 0 Å². The average molecular weight is 356 g/mol. The summed E-state index contributed by atoms with van der Waals surface area (Å²) in [6, 6.07) is 20.2. The highest BCUT2D eigenvalue weighted by Crippen LogP contribution is 2.21. The zero-order chi connectivity index (χ0) is 18.8. The van der Waals surface area contributed by atoms with Crippen molar-refractivity contribution in [3.8, 4) is 11.1 Å². The molecule has 2 aromatic carbocycles. The fourth-order valence-electron chi connectivity index (χ4n) is 3.21. The van der Waals surface area contributed by atoms with Gasteiger partial charge in [0.25, 0.3) is 0 Å². The Kier molecular flexibility index (Phi) is 4.42. The molecule has 0 unspecified atom stereocenters. The Labute approximate surface area is 157 Å². The minimum Gasteiger partial charge on any atom is -0.324 e. The van der Waals surface area contributed by atoms with E-state index in [1.54, 1.807) is 10.9 Å². The van der Waals surface area contributed by atoms with Crippen LogP contribution in [0.15, 0.2) is 66.9 Å². The Morgan fingerprint density at radius 3 is 2.48 bits per heavy atom. The largest absolute Gasteiger partial charge is 0.324 e. The van der Waals surface area contributed by atoms with Gasteiger partial charge in [-0.3, -0.25) is 9.48 Å². The number of hydrogen-bond acceptors (Lipinski definition) is 3. The fraction of sp³-hybridized carbons (Fsp3) is 0.136. The highest BCUT2D eigenvalue weighted by molar-refractivity contribution is 5.94. The summed E-state index contributed by atoms with van der Waals surface area (Å²) in [5.74, 6) is -0.0647. The number of nitrogens with zero attached hydrogens (tertiary/aromatic N) is 3. The summed E-state index contributed by atoms with van der Waals surface area (Å²) in [5, 5.41) is 8.23. The molecule has 0 aliphatic rings. The molecule has 1 amide bonds. The lowest BCUT2D eigenvalue weighted by Crippen LogP contribution is -2.14. The molecule has 0 spiro atoms. The third-order valence-corrected chi connectivity index (χ3v) is 4.57. The molecule has 0 fully saturated rings. The summed E-state index contributed by atoms with van der Waals surface area (Å²) in [6.45, 7) is 1.93. The van der Waals surface area contributed by atoms with Gasteiger partial charge < -0.3 is 5.32 Å². The van der Waals surface area contributed by atoms with Crippen molar-refractivity contribution in [3.63, 3.8) is 0 Å². The highest BCUT2D eigenvalue weighted by Gasteiger charge is 2.09. The number of anilines is 1. The topological polar surface area (TPSA) is 59.8 Å². The molecule has 0 aliphatic carbocycles. The molecule has 5 nitrogen and oxygen atoms in total. The van der Waals surface area contributed by atoms with Gasteiger partial charge in [0.15, 0.2) is 5.65 Å². The Bertz CT molecular complexity index is 1100. The second kappa shape index (κ2) is 7.03. The second-order valence-corrected chi connectivity index (χ2v) is 6.59. The first-order chi connectivity index (χ1) is 13.1. The summed E-state index contributed by atoms with van der Waals surface area (Å²) in [6.07, 6.45) is 1.99. The lowest BCUT2D eigenvalue weighted by Gasteiger charge is -2.07. The molecule has 0 saturated carbocycles. The molecule has 27 heavy (non-hydrogen) atoms. The van der Waals surface area contributed by atoms with Crippen LogP contribution in [0.2, 0.25) is 0 Å². The number of benzene rings is 2. The number of fused-ring (bicyclic) bond motifs is 1. The number of hydrogen-bond donors (Lipinski definition) is 1. The van der Waals surface area contributed by atoms with Crippen molar-refractivity contribution in [1.29, 1.82) is 0 Å². The Morgan fingerprint density at radius 1 is 1.04 bits per heavy atom. The van der Waals surface area contributed by atoms with Crippen LogP contribution >= 0.6 is 0 Å². The van der Waals surface area contributed by atoms with Gasteiger partial charge in [-0.2, -0.15) is 5.10 Å². The van der Waals surface area contributed by atoms with Gasteiger partial charge in [0.1, 0.15) is 0 Å². The number of carbonyl (C=O) groups is 1. The molecule has 134 valence electrons. The molecule has 1 N–H and O–H groups in total. The van der Waals surface area contributed by atoms with E-state index in [1.807, 2.05) is 62.5 Å². The van der Waals surface area contributed by atoms with Gasteiger partial charge >= 0.3 is 0 Å². The van der Waals surface area contributed by atoms with Crippen LogP contribution in [0.4, 0.5) is 5.69 Å². The Morgan fingerprint density at radius 2 is 1.74 bits per heavy atom. The maximum absolute atomic E-state index is 12.4. The predicted molar refractivity (Wildman–Crippen MR) is 107 cm³/mol. The van der Waals surface area contributed by atoms with E-state index < -0.39 is 0 Å². The number of aryl methyl sites for hydroxylation is 2. The van der Waals surface area contributed by atoms with Gasteiger partial charge in [0.05, 0.1) is 24.0 Å². The van der Waals surface area contributed by atoms with Crippen LogP contribution < -0.4 is 5.32 Å². The molecule has 4 aromatic rings. The van der Waals surface area contributed by atoms with E-state index in [-0.39, 0.29) is 5.91 Å². The molecule has 0 aliphatic heterocycles. The van der Waals surface area contributed by atoms with Crippen molar-refractivity contribution < 1.29 is 4.79 Å². The molecule has 0 atom stereocenters. The molecule has 2 heterocycles. The lowest BCUT2D eigenvalue weighted by molar-refractivity contribution is -0.115. The molecule has 0 radical (unpaired) electrons. The van der Waals surface area contributed by atoms with Crippen molar-refractivity contribution in [3.05, 3.63) is 78.1 Å². The first-order valence-corrected chi connectivity index (χ1v) is 8.84. The maximum atomic E-state index is 12.4. The number of carbonyl (C=O) groups excluding carboxylic acids is 1. The van der Waals surface area contributed by atoms with Crippen LogP contribution in [0.5, 0.6) is 0 Å². The third-order valence-electron chi connectivity index (χ3n) is 4.57. The molecule has 2 aromatic heterocycles. The summed E-state index contributed by atoms with van der Waals surface area (Å²) >= 11 is 0. The van der Waals surface area contributed by atoms with E-state index in [2.05, 4.69) is 27.5 Å². The quantitative estimate of drug-likeness (QED) is 0.598. The van der Waals surface area contributed by atoms with Gasteiger partial charge in [-0.1, -0.05) is 54.6 Å². The normalized spacial score (nSPS) is 10.9. The van der Waals surface area contributed by atoms with E-state index >= 15 is 0 Å². The van der Waals surface area contributed by atoms with Crippen LogP contribution in [0.1, 0.15) is 11.3 Å². The van der Waals surface area contributed by atoms with Crippen molar-refractivity contribution >= 4 is 22.6 Å². The number of nitrogens with one attached hydrogen (secondary N) is 1. The number of amides is 1. The Balaban J connectivity index is 1.45. The number of rotatable bonds is 4. The molecule has 5 heteroatoms. The summed E-state index contributed by atoms with van der Waals surface area (Å²) in [5.41, 5.74) is 5.67. The molecular weight excluding hydrogens is 336 g/mol. The smallest absolute Gasteiger partial charge is 0.228 e. The highest BCUT2D eigenvalue weighted by atomic mass is 16.1. The van der Waals surface area contributed by atoms with Crippen molar-refractivity contribution in [2.75, 3.05) is 5.32 Å². The SMILES string of the molecule is Cc1nn(C)c2ncc(NC(=O)Cc3ccc(-c4ccccc4)cc3)cc12. The lowest BCUT2D eigenvalue weighted by atomic mass is 10.0. The predicted octanol–water partition coefficient (Wildman–Crippen LogP) is 4.12. The average Bonchev–Trinajstić information content (AvgIpc) is 2.96. The third kappa shape index (κ3) is 3.58. The van der Waals surface area contributed by atoms with Crippen molar-refractivity contribution in [1.82, 2.24) is 14.8 Å². The van der Waals surface area contributed by atoms with E-state index in [0.29, 0.717) is 12.1 Å². The summed E-state index contributed by atoms with van der Waals surface area (Å²) in [7, 11) is 1.86. The zero-order valence-corrected chi connectivity index (χ0v) is 15.3. The van der Waals surface area contributed by atoms with E-state index in [9.17, 15) is 4.79 Å². The minimum absolute atomic E-state index is 0.0647. The van der Waals surface area contributed by atoms with Gasteiger partial charge in [0.2, 0.25) is 5.91 Å². The van der Waals surface area contributed by atoms with E-state index in [0.717, 1.165) is 27.9 Å². The Hall–Kier alpha value is -3.47. The monoisotopic (exact) mass is 356 g/mol. The van der Waals surface area contributed by atoms with Gasteiger partial charge in [-0.15, -0.1) is 0 Å². The maximum Gasteiger partial charge on any atom is 0.228 e. The van der Waals surface area contributed by atoms with Crippen LogP contribution in [0.3, 0.4) is 0 Å². The first kappa shape index (κ1) is 17.0. The fourth-order valence-corrected chi connectivity index (χ4v) is 3.21. The van der Waals surface area contributed by atoms with Crippen LogP contribution in [-0.4, -0.2) is 20.7 Å². The van der Waals surface area contributed by atoms with Crippen molar-refractivity contribution in [2.45, 2.75) is 13.3 Å². The van der Waals surface area contributed by atoms with Gasteiger partial charge in [-0.05, 0) is 29.7 Å². The van der Waals surface area contributed by atoms with Crippen LogP contribution in [0.25, 0.3) is 22.2 Å². The number of pyridine rings is 1. The summed E-state index contributed by atoms with van der Waals surface area (Å²) in [4.78, 5) is 16.8. The molecule has 4 rings (SSSR count). The zero-order valence-electron chi connectivity index (χ0n) is 15.3. The van der Waals surface area contributed by atoms with Crippen molar-refractivity contribution in [2.24, 2.45) is 7.05 Å². The van der Waals surface area contributed by atoms with Crippen LogP contribution in [-0.2, 0) is 18.3 Å². The van der Waals surface area contributed by atoms with Gasteiger partial charge in [-0.25, -0.2) is 4.98 Å². The number of aromatic nitrogens is 3.